The van der Waals surface area contributed by atoms with Crippen molar-refractivity contribution in [2.75, 3.05) is 13.1 Å². The van der Waals surface area contributed by atoms with Gasteiger partial charge in [0.2, 0.25) is 23.6 Å². The number of hydrogen-bond donors (Lipinski definition) is 6. The quantitative estimate of drug-likeness (QED) is 0.212. The maximum atomic E-state index is 13.2. The van der Waals surface area contributed by atoms with E-state index < -0.39 is 54.3 Å². The first-order valence-corrected chi connectivity index (χ1v) is 9.80. The lowest BCUT2D eigenvalue weighted by atomic mass is 10.1. The van der Waals surface area contributed by atoms with E-state index >= 15 is 0 Å². The Kier molecular flexibility index (Phi) is 8.49. The van der Waals surface area contributed by atoms with Gasteiger partial charge in [-0.2, -0.15) is 0 Å². The summed E-state index contributed by atoms with van der Waals surface area (Å²) in [5.41, 5.74) is 11.5. The average molecular weight is 437 g/mol. The van der Waals surface area contributed by atoms with Crippen molar-refractivity contribution in [3.63, 3.8) is 0 Å². The summed E-state index contributed by atoms with van der Waals surface area (Å²) in [5.74, 6) is -3.50. The monoisotopic (exact) mass is 437 g/mol. The van der Waals surface area contributed by atoms with Crippen LogP contribution in [-0.4, -0.2) is 80.8 Å². The van der Waals surface area contributed by atoms with E-state index in [1.54, 1.807) is 0 Å². The van der Waals surface area contributed by atoms with Gasteiger partial charge in [0.1, 0.15) is 18.6 Å². The summed E-state index contributed by atoms with van der Waals surface area (Å²) in [6.07, 6.45) is 3.88. The minimum absolute atomic E-state index is 0.0239. The Morgan fingerprint density at radius 1 is 1.32 bits per heavy atom. The van der Waals surface area contributed by atoms with Gasteiger partial charge in [0.15, 0.2) is 0 Å². The SMILES string of the molecule is NC(=O)CCC(N)C(=O)NC(Cc1cnc[nH]1)C(=O)N1CCCC1C(=O)NCC(=O)O. The van der Waals surface area contributed by atoms with Crippen LogP contribution in [0.3, 0.4) is 0 Å². The fourth-order valence-corrected chi connectivity index (χ4v) is 3.31. The molecule has 2 rings (SSSR count). The van der Waals surface area contributed by atoms with Gasteiger partial charge in [0.25, 0.3) is 0 Å². The smallest absolute Gasteiger partial charge is 0.322 e. The second-order valence-electron chi connectivity index (χ2n) is 7.25. The normalized spacial score (nSPS) is 17.6. The molecule has 13 nitrogen and oxygen atoms in total. The standard InChI is InChI=1S/C18H27N7O6/c19-11(3-4-14(20)26)16(29)24-12(6-10-7-21-9-23-10)18(31)25-5-1-2-13(25)17(30)22-8-15(27)28/h7,9,11-13H,1-6,8,19H2,(H2,20,26)(H,21,23)(H,22,30)(H,24,29)(H,27,28). The van der Waals surface area contributed by atoms with Crippen molar-refractivity contribution in [2.45, 2.75) is 50.2 Å². The molecule has 1 fully saturated rings. The van der Waals surface area contributed by atoms with Crippen molar-refractivity contribution in [3.8, 4) is 0 Å². The molecule has 3 unspecified atom stereocenters. The first kappa shape index (κ1) is 23.8. The number of aromatic amines is 1. The number of likely N-dealkylation sites (tertiary alicyclic amines) is 1. The number of primary amides is 1. The lowest BCUT2D eigenvalue weighted by Gasteiger charge is -2.29. The highest BCUT2D eigenvalue weighted by atomic mass is 16.4. The Morgan fingerprint density at radius 2 is 2.06 bits per heavy atom. The zero-order valence-electron chi connectivity index (χ0n) is 16.9. The van der Waals surface area contributed by atoms with Crippen LogP contribution >= 0.6 is 0 Å². The first-order chi connectivity index (χ1) is 14.7. The number of amides is 4. The van der Waals surface area contributed by atoms with Gasteiger partial charge in [-0.1, -0.05) is 0 Å². The van der Waals surface area contributed by atoms with Gasteiger partial charge in [-0.3, -0.25) is 24.0 Å². The number of carboxylic acid groups (broad SMARTS) is 1. The Hall–Kier alpha value is -3.48. The van der Waals surface area contributed by atoms with Crippen LogP contribution in [0, 0.1) is 0 Å². The molecule has 1 aliphatic heterocycles. The molecule has 0 aliphatic carbocycles. The largest absolute Gasteiger partial charge is 0.480 e. The third-order valence-electron chi connectivity index (χ3n) is 4.88. The Balaban J connectivity index is 2.11. The van der Waals surface area contributed by atoms with Crippen LogP contribution in [0.5, 0.6) is 0 Å². The molecule has 1 saturated heterocycles. The molecule has 0 radical (unpaired) electrons. The van der Waals surface area contributed by atoms with Gasteiger partial charge >= 0.3 is 5.97 Å². The highest BCUT2D eigenvalue weighted by molar-refractivity contribution is 5.94. The molecule has 0 bridgehead atoms. The summed E-state index contributed by atoms with van der Waals surface area (Å²) in [7, 11) is 0. The molecule has 1 aromatic heterocycles. The number of nitrogens with two attached hydrogens (primary N) is 2. The van der Waals surface area contributed by atoms with Gasteiger partial charge in [0.05, 0.1) is 12.4 Å². The summed E-state index contributed by atoms with van der Waals surface area (Å²) in [4.78, 5) is 67.7. The molecule has 0 spiro atoms. The molecule has 0 aromatic carbocycles. The van der Waals surface area contributed by atoms with Crippen LogP contribution < -0.4 is 22.1 Å². The van der Waals surface area contributed by atoms with E-state index in [0.29, 0.717) is 18.5 Å². The summed E-state index contributed by atoms with van der Waals surface area (Å²) < 4.78 is 0. The van der Waals surface area contributed by atoms with Crippen molar-refractivity contribution < 1.29 is 29.1 Å². The Morgan fingerprint density at radius 3 is 2.68 bits per heavy atom. The molecule has 1 aromatic rings. The maximum Gasteiger partial charge on any atom is 0.322 e. The molecule has 170 valence electrons. The number of nitrogens with one attached hydrogen (secondary N) is 3. The highest BCUT2D eigenvalue weighted by Gasteiger charge is 2.38. The minimum atomic E-state index is -1.20. The van der Waals surface area contributed by atoms with Gasteiger partial charge in [0, 0.05) is 31.3 Å². The summed E-state index contributed by atoms with van der Waals surface area (Å²) in [5, 5.41) is 13.6. The van der Waals surface area contributed by atoms with E-state index in [9.17, 15) is 24.0 Å². The molecule has 31 heavy (non-hydrogen) atoms. The predicted molar refractivity (Wildman–Crippen MR) is 106 cm³/mol. The van der Waals surface area contributed by atoms with E-state index in [0.717, 1.165) is 0 Å². The van der Waals surface area contributed by atoms with Crippen molar-refractivity contribution in [2.24, 2.45) is 11.5 Å². The van der Waals surface area contributed by atoms with Crippen molar-refractivity contribution in [1.82, 2.24) is 25.5 Å². The van der Waals surface area contributed by atoms with Gasteiger partial charge < -0.3 is 37.1 Å². The number of rotatable bonds is 11. The van der Waals surface area contributed by atoms with E-state index in [-0.39, 0.29) is 25.8 Å². The maximum absolute atomic E-state index is 13.2. The van der Waals surface area contributed by atoms with Gasteiger partial charge in [-0.25, -0.2) is 4.98 Å². The molecular weight excluding hydrogens is 410 g/mol. The van der Waals surface area contributed by atoms with E-state index in [2.05, 4.69) is 20.6 Å². The number of carbonyl (C=O) groups excluding carboxylic acids is 4. The molecular formula is C18H27N7O6. The van der Waals surface area contributed by atoms with Crippen LogP contribution in [0.4, 0.5) is 0 Å². The fraction of sp³-hybridized carbons (Fsp3) is 0.556. The fourth-order valence-electron chi connectivity index (χ4n) is 3.31. The van der Waals surface area contributed by atoms with Crippen LogP contribution in [-0.2, 0) is 30.4 Å². The number of hydrogen-bond acceptors (Lipinski definition) is 7. The van der Waals surface area contributed by atoms with Crippen LogP contribution in [0.25, 0.3) is 0 Å². The molecule has 1 aliphatic rings. The lowest BCUT2D eigenvalue weighted by Crippen LogP contribution is -2.56. The number of carboxylic acids is 1. The number of imidazole rings is 1. The Bertz CT molecular complexity index is 812. The minimum Gasteiger partial charge on any atom is -0.480 e. The number of aromatic nitrogens is 2. The summed E-state index contributed by atoms with van der Waals surface area (Å²) in [6.45, 7) is -0.270. The second-order valence-corrected chi connectivity index (χ2v) is 7.25. The third kappa shape index (κ3) is 7.06. The van der Waals surface area contributed by atoms with Crippen molar-refractivity contribution in [1.29, 1.82) is 0 Å². The summed E-state index contributed by atoms with van der Waals surface area (Å²) >= 11 is 0. The zero-order chi connectivity index (χ0) is 23.0. The molecule has 2 heterocycles. The molecule has 0 saturated carbocycles. The first-order valence-electron chi connectivity index (χ1n) is 9.80. The average Bonchev–Trinajstić information content (AvgIpc) is 3.40. The van der Waals surface area contributed by atoms with E-state index in [4.69, 9.17) is 16.6 Å². The van der Waals surface area contributed by atoms with Crippen LogP contribution in [0.2, 0.25) is 0 Å². The molecule has 4 amide bonds. The van der Waals surface area contributed by atoms with Crippen molar-refractivity contribution >= 4 is 29.6 Å². The van der Waals surface area contributed by atoms with Crippen LogP contribution in [0.15, 0.2) is 12.5 Å². The number of H-pyrrole nitrogens is 1. The van der Waals surface area contributed by atoms with Crippen molar-refractivity contribution in [3.05, 3.63) is 18.2 Å². The second kappa shape index (κ2) is 11.1. The third-order valence-corrected chi connectivity index (χ3v) is 4.88. The highest BCUT2D eigenvalue weighted by Crippen LogP contribution is 2.19. The topological polar surface area (TPSA) is 214 Å². The summed E-state index contributed by atoms with van der Waals surface area (Å²) in [6, 6.07) is -2.92. The molecule has 8 N–H and O–H groups in total. The molecule has 3 atom stereocenters. The number of aliphatic carboxylic acids is 1. The van der Waals surface area contributed by atoms with Crippen LogP contribution in [0.1, 0.15) is 31.4 Å². The van der Waals surface area contributed by atoms with E-state index in [1.807, 2.05) is 0 Å². The zero-order valence-corrected chi connectivity index (χ0v) is 16.9. The van der Waals surface area contributed by atoms with Gasteiger partial charge in [-0.15, -0.1) is 0 Å². The number of carbonyl (C=O) groups is 5. The van der Waals surface area contributed by atoms with E-state index in [1.165, 1.54) is 17.4 Å². The number of nitrogens with zero attached hydrogens (tertiary/aromatic N) is 2. The molecule has 13 heteroatoms. The van der Waals surface area contributed by atoms with Gasteiger partial charge in [-0.05, 0) is 19.3 Å². The Labute approximate surface area is 177 Å². The predicted octanol–water partition coefficient (Wildman–Crippen LogP) is -2.78. The lowest BCUT2D eigenvalue weighted by molar-refractivity contribution is -0.142.